The maximum Gasteiger partial charge on any atom is 0.254 e. The zero-order chi connectivity index (χ0) is 30.2. The molecular formula is C35H49N3O3. The maximum atomic E-state index is 13.9. The Labute approximate surface area is 247 Å². The van der Waals surface area contributed by atoms with Crippen molar-refractivity contribution in [1.82, 2.24) is 14.4 Å². The summed E-state index contributed by atoms with van der Waals surface area (Å²) < 4.78 is 7.57. The normalized spacial score (nSPS) is 12.3. The third-order valence-corrected chi connectivity index (χ3v) is 7.77. The molecular weight excluding hydrogens is 510 g/mol. The fourth-order valence-electron chi connectivity index (χ4n) is 4.82. The minimum Gasteiger partial charge on any atom is -0.497 e. The molecule has 41 heavy (non-hydrogen) atoms. The standard InChI is InChI=1S/C35H49N3O3/c1-9-27(4)38(24-31-13-11-20-36(31)23-28-12-10-14-32(22-28)41-8)33(39)25-37(21-19-26(2)3)34(40)29-15-17-30(18-16-29)35(5,6)7/h10-18,20,22,26-27H,9,19,21,23-25H2,1-8H3. The molecule has 0 aliphatic heterocycles. The summed E-state index contributed by atoms with van der Waals surface area (Å²) in [5.41, 5.74) is 4.00. The Morgan fingerprint density at radius 2 is 1.68 bits per heavy atom. The molecule has 0 radical (unpaired) electrons. The van der Waals surface area contributed by atoms with E-state index in [1.165, 1.54) is 5.56 Å². The molecule has 0 bridgehead atoms. The van der Waals surface area contributed by atoms with Gasteiger partial charge in [-0.2, -0.15) is 0 Å². The SMILES string of the molecule is CCC(C)N(Cc1cccn1Cc1cccc(OC)c1)C(=O)CN(CCC(C)C)C(=O)c1ccc(C(C)(C)C)cc1. The molecule has 1 heterocycles. The molecule has 1 unspecified atom stereocenters. The summed E-state index contributed by atoms with van der Waals surface area (Å²) in [5, 5.41) is 0. The Balaban J connectivity index is 1.81. The van der Waals surface area contributed by atoms with Gasteiger partial charge in [-0.1, -0.05) is 65.8 Å². The maximum absolute atomic E-state index is 13.9. The van der Waals surface area contributed by atoms with Crippen molar-refractivity contribution in [1.29, 1.82) is 0 Å². The van der Waals surface area contributed by atoms with Gasteiger partial charge in [-0.05, 0) is 78.6 Å². The van der Waals surface area contributed by atoms with Crippen LogP contribution < -0.4 is 4.74 Å². The second-order valence-corrected chi connectivity index (χ2v) is 12.5. The minimum atomic E-state index is -0.0926. The third kappa shape index (κ3) is 8.97. The summed E-state index contributed by atoms with van der Waals surface area (Å²) in [6, 6.07) is 20.0. The van der Waals surface area contributed by atoms with Crippen LogP contribution in [-0.4, -0.2) is 52.4 Å². The van der Waals surface area contributed by atoms with Crippen LogP contribution in [0.4, 0.5) is 0 Å². The zero-order valence-corrected chi connectivity index (χ0v) is 26.3. The molecule has 6 nitrogen and oxygen atoms in total. The van der Waals surface area contributed by atoms with Crippen molar-refractivity contribution in [2.75, 3.05) is 20.2 Å². The summed E-state index contributed by atoms with van der Waals surface area (Å²) in [7, 11) is 1.67. The smallest absolute Gasteiger partial charge is 0.254 e. The third-order valence-electron chi connectivity index (χ3n) is 7.77. The Kier molecular flexibility index (Phi) is 11.2. The molecule has 0 spiro atoms. The van der Waals surface area contributed by atoms with Gasteiger partial charge in [0.1, 0.15) is 12.3 Å². The highest BCUT2D eigenvalue weighted by Gasteiger charge is 2.26. The number of ether oxygens (including phenoxy) is 1. The molecule has 6 heteroatoms. The van der Waals surface area contributed by atoms with Gasteiger partial charge in [0.05, 0.1) is 13.7 Å². The lowest BCUT2D eigenvalue weighted by atomic mass is 9.86. The van der Waals surface area contributed by atoms with Crippen LogP contribution in [0, 0.1) is 5.92 Å². The first-order valence-electron chi connectivity index (χ1n) is 14.9. The number of rotatable bonds is 13. The molecule has 1 aromatic heterocycles. The van der Waals surface area contributed by atoms with E-state index in [1.807, 2.05) is 59.6 Å². The molecule has 2 amide bonds. The number of carbonyl (C=O) groups excluding carboxylic acids is 2. The van der Waals surface area contributed by atoms with Crippen molar-refractivity contribution >= 4 is 11.8 Å². The van der Waals surface area contributed by atoms with Crippen LogP contribution in [0.2, 0.25) is 0 Å². The zero-order valence-electron chi connectivity index (χ0n) is 26.3. The largest absolute Gasteiger partial charge is 0.497 e. The van der Waals surface area contributed by atoms with Gasteiger partial charge in [0.15, 0.2) is 0 Å². The lowest BCUT2D eigenvalue weighted by Crippen LogP contribution is -2.46. The van der Waals surface area contributed by atoms with Crippen molar-refractivity contribution in [3.8, 4) is 5.75 Å². The number of benzene rings is 2. The van der Waals surface area contributed by atoms with Gasteiger partial charge in [0.2, 0.25) is 5.91 Å². The Morgan fingerprint density at radius 3 is 2.29 bits per heavy atom. The molecule has 0 N–H and O–H groups in total. The summed E-state index contributed by atoms with van der Waals surface area (Å²) in [6.45, 7) is 16.7. The first kappa shape index (κ1) is 32.0. The van der Waals surface area contributed by atoms with Gasteiger partial charge in [-0.3, -0.25) is 9.59 Å². The molecule has 0 aliphatic rings. The molecule has 0 saturated heterocycles. The van der Waals surface area contributed by atoms with E-state index in [2.05, 4.69) is 65.2 Å². The number of hydrogen-bond acceptors (Lipinski definition) is 3. The van der Waals surface area contributed by atoms with Gasteiger partial charge < -0.3 is 19.1 Å². The van der Waals surface area contributed by atoms with Crippen molar-refractivity contribution < 1.29 is 14.3 Å². The van der Waals surface area contributed by atoms with E-state index in [1.54, 1.807) is 12.0 Å². The van der Waals surface area contributed by atoms with E-state index in [4.69, 9.17) is 4.74 Å². The Hall–Kier alpha value is -3.54. The van der Waals surface area contributed by atoms with Crippen LogP contribution in [0.5, 0.6) is 5.75 Å². The quantitative estimate of drug-likeness (QED) is 0.223. The highest BCUT2D eigenvalue weighted by Crippen LogP contribution is 2.23. The van der Waals surface area contributed by atoms with Crippen molar-refractivity contribution in [2.24, 2.45) is 5.92 Å². The lowest BCUT2D eigenvalue weighted by Gasteiger charge is -2.32. The highest BCUT2D eigenvalue weighted by molar-refractivity contribution is 5.96. The van der Waals surface area contributed by atoms with Crippen molar-refractivity contribution in [3.05, 3.63) is 89.2 Å². The average molecular weight is 560 g/mol. The van der Waals surface area contributed by atoms with Gasteiger partial charge in [0.25, 0.3) is 5.91 Å². The summed E-state index contributed by atoms with van der Waals surface area (Å²) >= 11 is 0. The van der Waals surface area contributed by atoms with Gasteiger partial charge in [-0.15, -0.1) is 0 Å². The highest BCUT2D eigenvalue weighted by atomic mass is 16.5. The topological polar surface area (TPSA) is 54.8 Å². The van der Waals surface area contributed by atoms with E-state index in [0.29, 0.717) is 31.1 Å². The molecule has 222 valence electrons. The fraction of sp³-hybridized carbons (Fsp3) is 0.486. The predicted octanol–water partition coefficient (Wildman–Crippen LogP) is 7.16. The van der Waals surface area contributed by atoms with E-state index >= 15 is 0 Å². The molecule has 2 aromatic carbocycles. The second-order valence-electron chi connectivity index (χ2n) is 12.5. The number of hydrogen-bond donors (Lipinski definition) is 0. The number of carbonyl (C=O) groups is 2. The first-order chi connectivity index (χ1) is 19.4. The summed E-state index contributed by atoms with van der Waals surface area (Å²) in [6.07, 6.45) is 3.72. The molecule has 0 aliphatic carbocycles. The van der Waals surface area contributed by atoms with E-state index < -0.39 is 0 Å². The Morgan fingerprint density at radius 1 is 0.976 bits per heavy atom. The van der Waals surface area contributed by atoms with Crippen LogP contribution in [0.15, 0.2) is 66.9 Å². The molecule has 0 fully saturated rings. The first-order valence-corrected chi connectivity index (χ1v) is 14.9. The molecule has 3 aromatic rings. The second kappa shape index (κ2) is 14.4. The minimum absolute atomic E-state index is 0.00983. The molecule has 3 rings (SSSR count). The molecule has 0 saturated carbocycles. The van der Waals surface area contributed by atoms with Crippen LogP contribution >= 0.6 is 0 Å². The number of aromatic nitrogens is 1. The van der Waals surface area contributed by atoms with Gasteiger partial charge >= 0.3 is 0 Å². The van der Waals surface area contributed by atoms with Crippen molar-refractivity contribution in [2.45, 2.75) is 85.9 Å². The summed E-state index contributed by atoms with van der Waals surface area (Å²) in [4.78, 5) is 31.3. The van der Waals surface area contributed by atoms with E-state index in [-0.39, 0.29) is 29.8 Å². The monoisotopic (exact) mass is 559 g/mol. The predicted molar refractivity (Wildman–Crippen MR) is 167 cm³/mol. The fourth-order valence-corrected chi connectivity index (χ4v) is 4.82. The summed E-state index contributed by atoms with van der Waals surface area (Å²) in [5.74, 6) is 1.13. The van der Waals surface area contributed by atoms with E-state index in [9.17, 15) is 9.59 Å². The van der Waals surface area contributed by atoms with Gasteiger partial charge in [0, 0.05) is 36.6 Å². The molecule has 1 atom stereocenters. The van der Waals surface area contributed by atoms with Crippen LogP contribution in [-0.2, 0) is 23.3 Å². The van der Waals surface area contributed by atoms with Crippen molar-refractivity contribution in [3.63, 3.8) is 0 Å². The van der Waals surface area contributed by atoms with Crippen LogP contribution in [0.25, 0.3) is 0 Å². The Bertz CT molecular complexity index is 1270. The van der Waals surface area contributed by atoms with Gasteiger partial charge in [-0.25, -0.2) is 0 Å². The number of nitrogens with zero attached hydrogens (tertiary/aromatic N) is 3. The average Bonchev–Trinajstić information content (AvgIpc) is 3.38. The number of methoxy groups -OCH3 is 1. The van der Waals surface area contributed by atoms with Crippen LogP contribution in [0.1, 0.15) is 88.5 Å². The van der Waals surface area contributed by atoms with Crippen LogP contribution in [0.3, 0.4) is 0 Å². The number of amides is 2. The lowest BCUT2D eigenvalue weighted by molar-refractivity contribution is -0.134. The van der Waals surface area contributed by atoms with E-state index in [0.717, 1.165) is 29.8 Å².